The Kier molecular flexibility index (Phi) is 6.20. The van der Waals surface area contributed by atoms with E-state index in [9.17, 15) is 14.4 Å². The van der Waals surface area contributed by atoms with E-state index in [-0.39, 0.29) is 11.1 Å². The predicted octanol–water partition coefficient (Wildman–Crippen LogP) is 3.24. The van der Waals surface area contributed by atoms with E-state index >= 15 is 0 Å². The first-order chi connectivity index (χ1) is 15.5. The van der Waals surface area contributed by atoms with Crippen LogP contribution in [0.1, 0.15) is 41.0 Å². The van der Waals surface area contributed by atoms with Crippen molar-refractivity contribution in [2.45, 2.75) is 39.2 Å². The summed E-state index contributed by atoms with van der Waals surface area (Å²) in [7, 11) is 1.51. The summed E-state index contributed by atoms with van der Waals surface area (Å²) in [6.07, 6.45) is 3.75. The Morgan fingerprint density at radius 1 is 1.12 bits per heavy atom. The SMILES string of the molecule is COc1ccc(C)cc1NC(=O)COC(=O)c1ccc2c(=O)n3c(nc2c1)CCCCC3. The molecule has 8 heteroatoms. The average molecular weight is 435 g/mol. The average Bonchev–Trinajstić information content (AvgIpc) is 3.03. The molecule has 8 nitrogen and oxygen atoms in total. The summed E-state index contributed by atoms with van der Waals surface area (Å²) in [5, 5.41) is 3.16. The number of amides is 1. The first-order valence-corrected chi connectivity index (χ1v) is 10.6. The van der Waals surface area contributed by atoms with Crippen molar-refractivity contribution in [3.8, 4) is 5.75 Å². The first kappa shape index (κ1) is 21.5. The zero-order chi connectivity index (χ0) is 22.7. The number of aryl methyl sites for hydroxylation is 2. The normalized spacial score (nSPS) is 13.2. The van der Waals surface area contributed by atoms with E-state index in [2.05, 4.69) is 10.3 Å². The van der Waals surface area contributed by atoms with E-state index in [0.29, 0.717) is 28.9 Å². The predicted molar refractivity (Wildman–Crippen MR) is 120 cm³/mol. The van der Waals surface area contributed by atoms with Crippen molar-refractivity contribution < 1.29 is 19.1 Å². The molecule has 32 heavy (non-hydrogen) atoms. The Morgan fingerprint density at radius 2 is 1.97 bits per heavy atom. The molecule has 166 valence electrons. The minimum Gasteiger partial charge on any atom is -0.495 e. The number of nitrogens with zero attached hydrogens (tertiary/aromatic N) is 2. The maximum Gasteiger partial charge on any atom is 0.338 e. The van der Waals surface area contributed by atoms with Gasteiger partial charge in [-0.15, -0.1) is 0 Å². The van der Waals surface area contributed by atoms with Gasteiger partial charge in [-0.25, -0.2) is 9.78 Å². The molecule has 0 bridgehead atoms. The van der Waals surface area contributed by atoms with Gasteiger partial charge >= 0.3 is 5.97 Å². The number of carbonyl (C=O) groups is 2. The molecule has 1 aromatic heterocycles. The van der Waals surface area contributed by atoms with E-state index in [0.717, 1.165) is 37.1 Å². The second-order valence-corrected chi connectivity index (χ2v) is 7.86. The number of nitrogens with one attached hydrogen (secondary N) is 1. The molecule has 2 heterocycles. The third-order valence-electron chi connectivity index (χ3n) is 5.52. The maximum atomic E-state index is 12.8. The van der Waals surface area contributed by atoms with Gasteiger partial charge in [0.2, 0.25) is 0 Å². The second kappa shape index (κ2) is 9.21. The summed E-state index contributed by atoms with van der Waals surface area (Å²) >= 11 is 0. The highest BCUT2D eigenvalue weighted by atomic mass is 16.5. The molecule has 1 aliphatic rings. The quantitative estimate of drug-likeness (QED) is 0.618. The van der Waals surface area contributed by atoms with Gasteiger partial charge in [0.05, 0.1) is 29.3 Å². The van der Waals surface area contributed by atoms with Gasteiger partial charge in [-0.05, 0) is 55.7 Å². The molecular weight excluding hydrogens is 410 g/mol. The Labute approximate surface area is 185 Å². The van der Waals surface area contributed by atoms with Crippen LogP contribution in [0, 0.1) is 6.92 Å². The first-order valence-electron chi connectivity index (χ1n) is 10.6. The van der Waals surface area contributed by atoms with Crippen molar-refractivity contribution >= 4 is 28.5 Å². The molecule has 0 saturated heterocycles. The van der Waals surface area contributed by atoms with Gasteiger partial charge < -0.3 is 14.8 Å². The molecule has 0 unspecified atom stereocenters. The molecule has 0 saturated carbocycles. The fourth-order valence-corrected chi connectivity index (χ4v) is 3.87. The second-order valence-electron chi connectivity index (χ2n) is 7.86. The monoisotopic (exact) mass is 435 g/mol. The lowest BCUT2D eigenvalue weighted by molar-refractivity contribution is -0.119. The van der Waals surface area contributed by atoms with Gasteiger partial charge in [0, 0.05) is 13.0 Å². The number of benzene rings is 2. The third-order valence-corrected chi connectivity index (χ3v) is 5.52. The van der Waals surface area contributed by atoms with Gasteiger partial charge in [-0.3, -0.25) is 14.2 Å². The van der Waals surface area contributed by atoms with Crippen LogP contribution in [-0.2, 0) is 22.5 Å². The van der Waals surface area contributed by atoms with E-state index < -0.39 is 18.5 Å². The van der Waals surface area contributed by atoms with E-state index in [1.54, 1.807) is 28.8 Å². The molecule has 0 spiro atoms. The lowest BCUT2D eigenvalue weighted by Crippen LogP contribution is -2.25. The molecule has 3 aromatic rings. The summed E-state index contributed by atoms with van der Waals surface area (Å²) in [5.74, 6) is 0.123. The molecule has 1 N–H and O–H groups in total. The van der Waals surface area contributed by atoms with Crippen molar-refractivity contribution in [1.82, 2.24) is 9.55 Å². The van der Waals surface area contributed by atoms with Crippen molar-refractivity contribution in [3.63, 3.8) is 0 Å². The molecule has 0 aliphatic carbocycles. The van der Waals surface area contributed by atoms with Gasteiger partial charge in [-0.1, -0.05) is 12.5 Å². The number of methoxy groups -OCH3 is 1. The van der Waals surface area contributed by atoms with Gasteiger partial charge in [0.25, 0.3) is 11.5 Å². The van der Waals surface area contributed by atoms with Crippen molar-refractivity contribution in [1.29, 1.82) is 0 Å². The zero-order valence-corrected chi connectivity index (χ0v) is 18.1. The highest BCUT2D eigenvalue weighted by Crippen LogP contribution is 2.25. The van der Waals surface area contributed by atoms with Crippen molar-refractivity contribution in [2.24, 2.45) is 0 Å². The lowest BCUT2D eigenvalue weighted by Gasteiger charge is -2.12. The molecule has 1 aliphatic heterocycles. The minimum atomic E-state index is -0.657. The molecule has 4 rings (SSSR count). The Balaban J connectivity index is 1.47. The molecular formula is C24H25N3O5. The number of carbonyl (C=O) groups excluding carboxylic acids is 2. The Hall–Kier alpha value is -3.68. The number of esters is 1. The fraction of sp³-hybridized carbons (Fsp3) is 0.333. The van der Waals surface area contributed by atoms with Crippen molar-refractivity contribution in [3.05, 3.63) is 63.7 Å². The van der Waals surface area contributed by atoms with Crippen LogP contribution in [0.2, 0.25) is 0 Å². The fourth-order valence-electron chi connectivity index (χ4n) is 3.87. The number of ether oxygens (including phenoxy) is 2. The van der Waals surface area contributed by atoms with Crippen LogP contribution in [0.15, 0.2) is 41.2 Å². The molecule has 0 atom stereocenters. The largest absolute Gasteiger partial charge is 0.495 e. The van der Waals surface area contributed by atoms with E-state index in [1.165, 1.54) is 13.2 Å². The van der Waals surface area contributed by atoms with Crippen LogP contribution in [0.25, 0.3) is 10.9 Å². The van der Waals surface area contributed by atoms with Crippen LogP contribution in [0.3, 0.4) is 0 Å². The van der Waals surface area contributed by atoms with Crippen LogP contribution < -0.4 is 15.6 Å². The van der Waals surface area contributed by atoms with Gasteiger partial charge in [0.1, 0.15) is 11.6 Å². The standard InChI is InChI=1S/C24H25N3O5/c1-15-7-10-20(31-2)19(12-15)26-22(28)14-32-24(30)16-8-9-17-18(13-16)25-21-6-4-3-5-11-27(21)23(17)29/h7-10,12-13H,3-6,11,14H2,1-2H3,(H,26,28). The number of aromatic nitrogens is 2. The van der Waals surface area contributed by atoms with Gasteiger partial charge in [0.15, 0.2) is 6.61 Å². The summed E-state index contributed by atoms with van der Waals surface area (Å²) in [5.41, 5.74) is 2.08. The number of rotatable bonds is 5. The molecule has 2 aromatic carbocycles. The highest BCUT2D eigenvalue weighted by molar-refractivity contribution is 5.98. The number of hydrogen-bond acceptors (Lipinski definition) is 6. The van der Waals surface area contributed by atoms with E-state index in [1.807, 2.05) is 13.0 Å². The maximum absolute atomic E-state index is 12.8. The summed E-state index contributed by atoms with van der Waals surface area (Å²) < 4.78 is 12.1. The molecule has 0 radical (unpaired) electrons. The number of fused-ring (bicyclic) bond motifs is 2. The smallest absolute Gasteiger partial charge is 0.338 e. The third kappa shape index (κ3) is 4.49. The topological polar surface area (TPSA) is 99.5 Å². The van der Waals surface area contributed by atoms with Gasteiger partial charge in [-0.2, -0.15) is 0 Å². The van der Waals surface area contributed by atoms with Crippen LogP contribution in [-0.4, -0.2) is 35.1 Å². The zero-order valence-electron chi connectivity index (χ0n) is 18.1. The summed E-state index contributed by atoms with van der Waals surface area (Å²) in [4.78, 5) is 42.2. The molecule has 0 fully saturated rings. The number of anilines is 1. The Bertz CT molecular complexity index is 1250. The Morgan fingerprint density at radius 3 is 2.78 bits per heavy atom. The van der Waals surface area contributed by atoms with Crippen LogP contribution >= 0.6 is 0 Å². The summed E-state index contributed by atoms with van der Waals surface area (Å²) in [6.45, 7) is 2.11. The van der Waals surface area contributed by atoms with E-state index in [4.69, 9.17) is 9.47 Å². The van der Waals surface area contributed by atoms with Crippen LogP contribution in [0.4, 0.5) is 5.69 Å². The minimum absolute atomic E-state index is 0.0849. The lowest BCUT2D eigenvalue weighted by atomic mass is 10.1. The molecule has 1 amide bonds. The van der Waals surface area contributed by atoms with Crippen molar-refractivity contribution in [2.75, 3.05) is 19.0 Å². The number of hydrogen-bond donors (Lipinski definition) is 1. The summed E-state index contributed by atoms with van der Waals surface area (Å²) in [6, 6.07) is 10.1. The van der Waals surface area contributed by atoms with Crippen LogP contribution in [0.5, 0.6) is 5.75 Å². The highest BCUT2D eigenvalue weighted by Gasteiger charge is 2.17.